The molecule has 1 aromatic rings. The fourth-order valence-corrected chi connectivity index (χ4v) is 2.48. The molecule has 1 fully saturated rings. The third kappa shape index (κ3) is 4.27. The van der Waals surface area contributed by atoms with Gasteiger partial charge in [-0.2, -0.15) is 0 Å². The van der Waals surface area contributed by atoms with Gasteiger partial charge in [0, 0.05) is 18.1 Å². The molecule has 0 bridgehead atoms. The Hall–Kier alpha value is -0.970. The van der Waals surface area contributed by atoms with Gasteiger partial charge in [-0.05, 0) is 49.6 Å². The third-order valence-corrected chi connectivity index (χ3v) is 3.70. The maximum absolute atomic E-state index is 12.0. The lowest BCUT2D eigenvalue weighted by molar-refractivity contribution is -0.132. The molecule has 0 radical (unpaired) electrons. The normalized spacial score (nSPS) is 17.8. The summed E-state index contributed by atoms with van der Waals surface area (Å²) in [5.74, 6) is 1.15. The van der Waals surface area contributed by atoms with Crippen LogP contribution in [0.5, 0.6) is 5.75 Å². The number of benzene rings is 1. The van der Waals surface area contributed by atoms with Crippen LogP contribution < -0.4 is 10.5 Å². The van der Waals surface area contributed by atoms with Crippen LogP contribution in [0.4, 0.5) is 0 Å². The highest BCUT2D eigenvalue weighted by Crippen LogP contribution is 2.22. The van der Waals surface area contributed by atoms with Gasteiger partial charge in [0.2, 0.25) is 0 Å². The first-order valence-corrected chi connectivity index (χ1v) is 6.84. The van der Waals surface area contributed by atoms with Crippen LogP contribution >= 0.6 is 24.0 Å². The molecule has 1 aromatic carbocycles. The summed E-state index contributed by atoms with van der Waals surface area (Å²) in [6.07, 6.45) is 0.988. The number of hydrogen-bond acceptors (Lipinski definition) is 3. The maximum Gasteiger partial charge on any atom is 0.260 e. The Balaban J connectivity index is 0.00000200. The van der Waals surface area contributed by atoms with Gasteiger partial charge in [-0.3, -0.25) is 4.79 Å². The zero-order chi connectivity index (χ0) is 13.8. The lowest BCUT2D eigenvalue weighted by atomic mass is 10.1. The maximum atomic E-state index is 12.0. The number of nitrogens with zero attached hydrogens (tertiary/aromatic N) is 1. The van der Waals surface area contributed by atoms with Crippen molar-refractivity contribution in [3.63, 3.8) is 0 Å². The standard InChI is InChI=1S/C14H19ClN2O2.ClH/c1-10-6-12(15)2-3-13(10)19-9-14(18)17-5-4-11(7-16)8-17;/h2-3,6,11H,4-5,7-9,16H2,1H3;1H. The van der Waals surface area contributed by atoms with Gasteiger partial charge in [0.25, 0.3) is 5.91 Å². The smallest absolute Gasteiger partial charge is 0.260 e. The SMILES string of the molecule is Cc1cc(Cl)ccc1OCC(=O)N1CCC(CN)C1.Cl. The van der Waals surface area contributed by atoms with E-state index in [4.69, 9.17) is 22.1 Å². The molecule has 4 nitrogen and oxygen atoms in total. The summed E-state index contributed by atoms with van der Waals surface area (Å²) in [5.41, 5.74) is 6.55. The minimum Gasteiger partial charge on any atom is -0.483 e. The fraction of sp³-hybridized carbons (Fsp3) is 0.500. The summed E-state index contributed by atoms with van der Waals surface area (Å²) in [7, 11) is 0. The van der Waals surface area contributed by atoms with E-state index in [0.717, 1.165) is 25.1 Å². The summed E-state index contributed by atoms with van der Waals surface area (Å²) in [6.45, 7) is 4.15. The summed E-state index contributed by atoms with van der Waals surface area (Å²) in [4.78, 5) is 13.8. The number of aryl methyl sites for hydroxylation is 1. The van der Waals surface area contributed by atoms with Crippen molar-refractivity contribution in [2.24, 2.45) is 11.7 Å². The number of carbonyl (C=O) groups excluding carboxylic acids is 1. The molecular weight excluding hydrogens is 299 g/mol. The highest BCUT2D eigenvalue weighted by molar-refractivity contribution is 6.30. The van der Waals surface area contributed by atoms with E-state index in [1.165, 1.54) is 0 Å². The van der Waals surface area contributed by atoms with Crippen molar-refractivity contribution in [3.05, 3.63) is 28.8 Å². The molecule has 0 aromatic heterocycles. The van der Waals surface area contributed by atoms with Gasteiger partial charge >= 0.3 is 0 Å². The van der Waals surface area contributed by atoms with Crippen LogP contribution in [0.15, 0.2) is 18.2 Å². The number of hydrogen-bond donors (Lipinski definition) is 1. The van der Waals surface area contributed by atoms with Gasteiger partial charge in [-0.15, -0.1) is 12.4 Å². The van der Waals surface area contributed by atoms with Crippen molar-refractivity contribution >= 4 is 29.9 Å². The molecule has 1 saturated heterocycles. The number of halogens is 2. The molecule has 1 atom stereocenters. The predicted molar refractivity (Wildman–Crippen MR) is 82.7 cm³/mol. The molecule has 2 N–H and O–H groups in total. The molecule has 0 saturated carbocycles. The first kappa shape index (κ1) is 17.1. The summed E-state index contributed by atoms with van der Waals surface area (Å²) < 4.78 is 5.55. The van der Waals surface area contributed by atoms with Crippen LogP contribution in [-0.4, -0.2) is 37.0 Å². The largest absolute Gasteiger partial charge is 0.483 e. The Bertz CT molecular complexity index is 468. The molecular formula is C14H20Cl2N2O2. The summed E-state index contributed by atoms with van der Waals surface area (Å²) in [6, 6.07) is 5.37. The lowest BCUT2D eigenvalue weighted by Gasteiger charge is -2.17. The topological polar surface area (TPSA) is 55.6 Å². The molecule has 1 heterocycles. The average molecular weight is 319 g/mol. The molecule has 1 unspecified atom stereocenters. The Morgan fingerprint density at radius 3 is 2.90 bits per heavy atom. The molecule has 20 heavy (non-hydrogen) atoms. The van der Waals surface area contributed by atoms with Gasteiger partial charge in [0.1, 0.15) is 5.75 Å². The number of rotatable bonds is 4. The molecule has 0 aliphatic carbocycles. The van der Waals surface area contributed by atoms with Crippen molar-refractivity contribution < 1.29 is 9.53 Å². The third-order valence-electron chi connectivity index (χ3n) is 3.46. The van der Waals surface area contributed by atoms with E-state index >= 15 is 0 Å². The number of likely N-dealkylation sites (tertiary alicyclic amines) is 1. The monoisotopic (exact) mass is 318 g/mol. The Kier molecular flexibility index (Phi) is 6.59. The van der Waals surface area contributed by atoms with Crippen LogP contribution in [0.25, 0.3) is 0 Å². The number of amides is 1. The van der Waals surface area contributed by atoms with Crippen molar-refractivity contribution in [3.8, 4) is 5.75 Å². The fourth-order valence-electron chi connectivity index (χ4n) is 2.26. The van der Waals surface area contributed by atoms with Gasteiger partial charge < -0.3 is 15.4 Å². The van der Waals surface area contributed by atoms with Crippen LogP contribution in [-0.2, 0) is 4.79 Å². The minimum absolute atomic E-state index is 0. The average Bonchev–Trinajstić information content (AvgIpc) is 2.86. The molecule has 112 valence electrons. The van der Waals surface area contributed by atoms with E-state index < -0.39 is 0 Å². The van der Waals surface area contributed by atoms with Crippen molar-refractivity contribution in [1.82, 2.24) is 4.90 Å². The lowest BCUT2D eigenvalue weighted by Crippen LogP contribution is -2.33. The molecule has 0 spiro atoms. The van der Waals surface area contributed by atoms with E-state index in [1.54, 1.807) is 12.1 Å². The summed E-state index contributed by atoms with van der Waals surface area (Å²) in [5, 5.41) is 0.668. The molecule has 2 rings (SSSR count). The van der Waals surface area contributed by atoms with E-state index in [9.17, 15) is 4.79 Å². The first-order valence-electron chi connectivity index (χ1n) is 6.47. The van der Waals surface area contributed by atoms with Gasteiger partial charge in [-0.25, -0.2) is 0 Å². The van der Waals surface area contributed by atoms with Gasteiger partial charge in [0.05, 0.1) is 0 Å². The van der Waals surface area contributed by atoms with E-state index in [0.29, 0.717) is 23.2 Å². The van der Waals surface area contributed by atoms with Crippen molar-refractivity contribution in [2.75, 3.05) is 26.2 Å². The van der Waals surface area contributed by atoms with Crippen LogP contribution in [0.1, 0.15) is 12.0 Å². The Morgan fingerprint density at radius 1 is 1.55 bits per heavy atom. The van der Waals surface area contributed by atoms with E-state index in [-0.39, 0.29) is 24.9 Å². The van der Waals surface area contributed by atoms with Crippen molar-refractivity contribution in [1.29, 1.82) is 0 Å². The second-order valence-electron chi connectivity index (χ2n) is 4.93. The summed E-state index contributed by atoms with van der Waals surface area (Å²) >= 11 is 5.87. The van der Waals surface area contributed by atoms with Gasteiger partial charge in [0.15, 0.2) is 6.61 Å². The van der Waals surface area contributed by atoms with Crippen molar-refractivity contribution in [2.45, 2.75) is 13.3 Å². The molecule has 6 heteroatoms. The minimum atomic E-state index is 0. The number of carbonyl (C=O) groups is 1. The number of nitrogens with two attached hydrogens (primary N) is 1. The van der Waals surface area contributed by atoms with Gasteiger partial charge in [-0.1, -0.05) is 11.6 Å². The van der Waals surface area contributed by atoms with Crippen LogP contribution in [0.2, 0.25) is 5.02 Å². The second kappa shape index (κ2) is 7.72. The highest BCUT2D eigenvalue weighted by atomic mass is 35.5. The van der Waals surface area contributed by atoms with Crippen LogP contribution in [0, 0.1) is 12.8 Å². The molecule has 1 aliphatic rings. The van der Waals surface area contributed by atoms with E-state index in [2.05, 4.69) is 0 Å². The predicted octanol–water partition coefficient (Wildman–Crippen LogP) is 2.26. The quantitative estimate of drug-likeness (QED) is 0.926. The highest BCUT2D eigenvalue weighted by Gasteiger charge is 2.25. The zero-order valence-electron chi connectivity index (χ0n) is 11.5. The second-order valence-corrected chi connectivity index (χ2v) is 5.37. The Morgan fingerprint density at radius 2 is 2.30 bits per heavy atom. The number of ether oxygens (including phenoxy) is 1. The first-order chi connectivity index (χ1) is 9.10. The zero-order valence-corrected chi connectivity index (χ0v) is 13.0. The molecule has 1 amide bonds. The van der Waals surface area contributed by atoms with E-state index in [1.807, 2.05) is 17.9 Å². The van der Waals surface area contributed by atoms with Crippen LogP contribution in [0.3, 0.4) is 0 Å². The molecule has 1 aliphatic heterocycles. The Labute approximate surface area is 130 Å².